The van der Waals surface area contributed by atoms with Crippen molar-refractivity contribution in [3.05, 3.63) is 65.5 Å². The molecule has 0 aliphatic carbocycles. The second-order valence-electron chi connectivity index (χ2n) is 5.98. The van der Waals surface area contributed by atoms with E-state index in [4.69, 9.17) is 0 Å². The first-order chi connectivity index (χ1) is 12.1. The van der Waals surface area contributed by atoms with Gasteiger partial charge in [-0.25, -0.2) is 0 Å². The summed E-state index contributed by atoms with van der Waals surface area (Å²) in [4.78, 5) is 30.4. The monoisotopic (exact) mass is 340 g/mol. The van der Waals surface area contributed by atoms with E-state index in [1.54, 1.807) is 6.07 Å². The number of aromatic nitrogens is 1. The number of carbonyl (C=O) groups excluding carboxylic acids is 2. The van der Waals surface area contributed by atoms with Gasteiger partial charge in [-0.1, -0.05) is 30.3 Å². The van der Waals surface area contributed by atoms with Crippen LogP contribution in [0.15, 0.2) is 48.7 Å². The molecule has 2 aromatic rings. The number of nitrogens with one attached hydrogen (secondary N) is 2. The van der Waals surface area contributed by atoms with Crippen LogP contribution in [0.5, 0.6) is 0 Å². The lowest BCUT2D eigenvalue weighted by Crippen LogP contribution is -2.32. The molecule has 0 spiro atoms. The number of carbonyl (C=O) groups is 2. The molecular formula is C19H24N4O2. The smallest absolute Gasteiger partial charge is 0.269 e. The Balaban J connectivity index is 1.86. The number of rotatable bonds is 8. The third-order valence-electron chi connectivity index (χ3n) is 3.64. The van der Waals surface area contributed by atoms with E-state index < -0.39 is 0 Å². The van der Waals surface area contributed by atoms with E-state index >= 15 is 0 Å². The van der Waals surface area contributed by atoms with Crippen LogP contribution in [0.2, 0.25) is 0 Å². The summed E-state index contributed by atoms with van der Waals surface area (Å²) in [6.07, 6.45) is 2.23. The molecule has 132 valence electrons. The highest BCUT2D eigenvalue weighted by molar-refractivity contribution is 5.98. The number of benzene rings is 1. The molecule has 0 radical (unpaired) electrons. The number of hydrogen-bond donors (Lipinski definition) is 2. The Morgan fingerprint density at radius 3 is 2.44 bits per heavy atom. The minimum atomic E-state index is -0.279. The molecule has 2 amide bonds. The van der Waals surface area contributed by atoms with Crippen LogP contribution in [0, 0.1) is 0 Å². The van der Waals surface area contributed by atoms with Crippen LogP contribution in [0.4, 0.5) is 0 Å². The molecule has 2 rings (SSSR count). The number of amides is 2. The van der Waals surface area contributed by atoms with Crippen molar-refractivity contribution in [3.8, 4) is 0 Å². The maximum atomic E-state index is 12.2. The fourth-order valence-corrected chi connectivity index (χ4v) is 2.25. The van der Waals surface area contributed by atoms with Crippen molar-refractivity contribution in [1.29, 1.82) is 0 Å². The number of pyridine rings is 1. The number of hydrogen-bond acceptors (Lipinski definition) is 4. The van der Waals surface area contributed by atoms with E-state index in [9.17, 15) is 9.59 Å². The van der Waals surface area contributed by atoms with Gasteiger partial charge in [0, 0.05) is 31.4 Å². The minimum absolute atomic E-state index is 0.206. The number of likely N-dealkylation sites (N-methyl/N-ethyl adjacent to an activating group) is 1. The van der Waals surface area contributed by atoms with Crippen molar-refractivity contribution in [2.45, 2.75) is 6.42 Å². The summed E-state index contributed by atoms with van der Waals surface area (Å²) < 4.78 is 0. The predicted molar refractivity (Wildman–Crippen MR) is 97.6 cm³/mol. The molecule has 1 heterocycles. The molecule has 2 N–H and O–H groups in total. The highest BCUT2D eigenvalue weighted by Gasteiger charge is 2.11. The lowest BCUT2D eigenvalue weighted by atomic mass is 10.1. The SMILES string of the molecule is CN(C)CCNC(=O)c1ccnc(C(=O)NCCc2ccccc2)c1. The van der Waals surface area contributed by atoms with E-state index in [1.165, 1.54) is 12.3 Å². The van der Waals surface area contributed by atoms with Gasteiger partial charge in [0.1, 0.15) is 5.69 Å². The van der Waals surface area contributed by atoms with E-state index in [0.29, 0.717) is 18.7 Å². The van der Waals surface area contributed by atoms with Crippen LogP contribution in [0.3, 0.4) is 0 Å². The Kier molecular flexibility index (Phi) is 7.10. The average Bonchev–Trinajstić information content (AvgIpc) is 2.62. The molecule has 1 aromatic heterocycles. The van der Waals surface area contributed by atoms with Gasteiger partial charge in [-0.3, -0.25) is 14.6 Å². The molecule has 25 heavy (non-hydrogen) atoms. The molecule has 6 heteroatoms. The minimum Gasteiger partial charge on any atom is -0.351 e. The standard InChI is InChI=1S/C19H24N4O2/c1-23(2)13-12-22-18(24)16-9-11-20-17(14-16)19(25)21-10-8-15-6-4-3-5-7-15/h3-7,9,11,14H,8,10,12-13H2,1-2H3,(H,21,25)(H,22,24). The summed E-state index contributed by atoms with van der Waals surface area (Å²) in [6, 6.07) is 13.1. The second kappa shape index (κ2) is 9.54. The van der Waals surface area contributed by atoms with Gasteiger partial charge in [-0.05, 0) is 38.2 Å². The Labute approximate surface area is 148 Å². The fourth-order valence-electron chi connectivity index (χ4n) is 2.25. The Morgan fingerprint density at radius 1 is 1.00 bits per heavy atom. The summed E-state index contributed by atoms with van der Waals surface area (Å²) in [5.41, 5.74) is 1.83. The van der Waals surface area contributed by atoms with Gasteiger partial charge in [0.15, 0.2) is 0 Å². The molecule has 6 nitrogen and oxygen atoms in total. The third kappa shape index (κ3) is 6.35. The van der Waals surface area contributed by atoms with Crippen molar-refractivity contribution in [3.63, 3.8) is 0 Å². The van der Waals surface area contributed by atoms with Crippen molar-refractivity contribution < 1.29 is 9.59 Å². The summed E-state index contributed by atoms with van der Waals surface area (Å²) in [6.45, 7) is 1.82. The van der Waals surface area contributed by atoms with E-state index in [-0.39, 0.29) is 17.5 Å². The van der Waals surface area contributed by atoms with Gasteiger partial charge in [0.05, 0.1) is 0 Å². The van der Waals surface area contributed by atoms with Crippen LogP contribution in [0.25, 0.3) is 0 Å². The zero-order valence-corrected chi connectivity index (χ0v) is 14.7. The van der Waals surface area contributed by atoms with Gasteiger partial charge in [0.25, 0.3) is 11.8 Å². The third-order valence-corrected chi connectivity index (χ3v) is 3.64. The van der Waals surface area contributed by atoms with Crippen LogP contribution in [-0.4, -0.2) is 55.4 Å². The summed E-state index contributed by atoms with van der Waals surface area (Å²) >= 11 is 0. The zero-order valence-electron chi connectivity index (χ0n) is 14.7. The molecule has 0 fully saturated rings. The molecular weight excluding hydrogens is 316 g/mol. The van der Waals surface area contributed by atoms with E-state index in [1.807, 2.05) is 49.3 Å². The highest BCUT2D eigenvalue weighted by atomic mass is 16.2. The molecule has 0 saturated heterocycles. The first-order valence-corrected chi connectivity index (χ1v) is 8.27. The van der Waals surface area contributed by atoms with Gasteiger partial charge < -0.3 is 15.5 Å². The first kappa shape index (κ1) is 18.6. The quantitative estimate of drug-likeness (QED) is 0.761. The molecule has 0 unspecified atom stereocenters. The van der Waals surface area contributed by atoms with Gasteiger partial charge in [-0.15, -0.1) is 0 Å². The lowest BCUT2D eigenvalue weighted by Gasteiger charge is -2.11. The maximum Gasteiger partial charge on any atom is 0.269 e. The molecule has 1 aromatic carbocycles. The average molecular weight is 340 g/mol. The van der Waals surface area contributed by atoms with Gasteiger partial charge in [0.2, 0.25) is 0 Å². The van der Waals surface area contributed by atoms with Crippen LogP contribution in [0.1, 0.15) is 26.4 Å². The lowest BCUT2D eigenvalue weighted by molar-refractivity contribution is 0.0949. The van der Waals surface area contributed by atoms with Crippen molar-refractivity contribution in [2.75, 3.05) is 33.7 Å². The van der Waals surface area contributed by atoms with Gasteiger partial charge >= 0.3 is 0 Å². The zero-order chi connectivity index (χ0) is 18.1. The molecule has 0 aliphatic heterocycles. The van der Waals surface area contributed by atoms with Crippen molar-refractivity contribution in [1.82, 2.24) is 20.5 Å². The maximum absolute atomic E-state index is 12.2. The number of nitrogens with zero attached hydrogens (tertiary/aromatic N) is 2. The molecule has 0 atom stereocenters. The normalized spacial score (nSPS) is 10.5. The van der Waals surface area contributed by atoms with Crippen LogP contribution in [-0.2, 0) is 6.42 Å². The molecule has 0 aliphatic rings. The Hall–Kier alpha value is -2.73. The molecule has 0 saturated carbocycles. The fraction of sp³-hybridized carbons (Fsp3) is 0.316. The van der Waals surface area contributed by atoms with Gasteiger partial charge in [-0.2, -0.15) is 0 Å². The summed E-state index contributed by atoms with van der Waals surface area (Å²) in [5, 5.41) is 5.65. The summed E-state index contributed by atoms with van der Waals surface area (Å²) in [7, 11) is 3.88. The first-order valence-electron chi connectivity index (χ1n) is 8.27. The van der Waals surface area contributed by atoms with E-state index in [0.717, 1.165) is 18.5 Å². The van der Waals surface area contributed by atoms with Crippen molar-refractivity contribution >= 4 is 11.8 Å². The predicted octanol–water partition coefficient (Wildman–Crippen LogP) is 1.35. The second-order valence-corrected chi connectivity index (χ2v) is 5.98. The van der Waals surface area contributed by atoms with E-state index in [2.05, 4.69) is 15.6 Å². The molecule has 0 bridgehead atoms. The van der Waals surface area contributed by atoms with Crippen LogP contribution < -0.4 is 10.6 Å². The summed E-state index contributed by atoms with van der Waals surface area (Å²) in [5.74, 6) is -0.485. The topological polar surface area (TPSA) is 74.3 Å². The van der Waals surface area contributed by atoms with Crippen molar-refractivity contribution in [2.24, 2.45) is 0 Å². The Morgan fingerprint density at radius 2 is 1.72 bits per heavy atom. The largest absolute Gasteiger partial charge is 0.351 e. The Bertz CT molecular complexity index is 702. The highest BCUT2D eigenvalue weighted by Crippen LogP contribution is 2.03. The van der Waals surface area contributed by atoms with Crippen LogP contribution >= 0.6 is 0 Å².